The lowest BCUT2D eigenvalue weighted by molar-refractivity contribution is -0.112. The molecule has 2 rings (SSSR count). The van der Waals surface area contributed by atoms with Crippen LogP contribution in [0.4, 0.5) is 5.69 Å². The molecule has 0 unspecified atom stereocenters. The Balaban J connectivity index is 2.00. The zero-order chi connectivity index (χ0) is 18.2. The molecule has 25 heavy (non-hydrogen) atoms. The Kier molecular flexibility index (Phi) is 6.70. The fraction of sp³-hybridized carbons (Fsp3) is 0.111. The van der Waals surface area contributed by atoms with E-state index in [9.17, 15) is 4.79 Å². The molecule has 0 heterocycles. The maximum absolute atomic E-state index is 12.2. The second kappa shape index (κ2) is 8.97. The highest BCUT2D eigenvalue weighted by atomic mass is 35.5. The van der Waals surface area contributed by atoms with Crippen molar-refractivity contribution in [2.24, 2.45) is 0 Å². The van der Waals surface area contributed by atoms with Gasteiger partial charge in [0.2, 0.25) is 0 Å². The second-order valence-corrected chi connectivity index (χ2v) is 5.82. The van der Waals surface area contributed by atoms with E-state index in [4.69, 9.17) is 33.2 Å². The molecule has 0 bridgehead atoms. The Hall–Kier alpha value is -2.68. The highest BCUT2D eigenvalue weighted by molar-refractivity contribution is 6.35. The third-order valence-corrected chi connectivity index (χ3v) is 3.82. The van der Waals surface area contributed by atoms with Gasteiger partial charge < -0.3 is 15.4 Å². The average molecular weight is 376 g/mol. The topological polar surface area (TPSA) is 74.1 Å². The number of ether oxygens (including phenoxy) is 1. The van der Waals surface area contributed by atoms with Crippen LogP contribution in [0.5, 0.6) is 5.75 Å². The molecule has 0 aromatic heterocycles. The lowest BCUT2D eigenvalue weighted by Gasteiger charge is -2.08. The zero-order valence-electron chi connectivity index (χ0n) is 13.3. The molecular formula is C18H15Cl2N3O2. The summed E-state index contributed by atoms with van der Waals surface area (Å²) in [6, 6.07) is 14.0. The van der Waals surface area contributed by atoms with E-state index in [1.54, 1.807) is 19.2 Å². The largest absolute Gasteiger partial charge is 0.497 e. The summed E-state index contributed by atoms with van der Waals surface area (Å²) in [7, 11) is 1.60. The maximum atomic E-state index is 12.2. The van der Waals surface area contributed by atoms with Crippen LogP contribution in [0.2, 0.25) is 10.0 Å². The van der Waals surface area contributed by atoms with E-state index in [1.807, 2.05) is 30.3 Å². The highest BCUT2D eigenvalue weighted by Crippen LogP contribution is 2.25. The van der Waals surface area contributed by atoms with Crippen LogP contribution in [0.15, 0.2) is 54.2 Å². The van der Waals surface area contributed by atoms with E-state index in [0.717, 1.165) is 11.3 Å². The maximum Gasteiger partial charge on any atom is 0.267 e. The predicted octanol–water partition coefficient (Wildman–Crippen LogP) is 4.14. The summed E-state index contributed by atoms with van der Waals surface area (Å²) in [5.74, 6) is 0.184. The van der Waals surface area contributed by atoms with E-state index >= 15 is 0 Å². The van der Waals surface area contributed by atoms with Crippen LogP contribution in [0.25, 0.3) is 0 Å². The van der Waals surface area contributed by atoms with Crippen LogP contribution >= 0.6 is 23.2 Å². The number of rotatable bonds is 6. The number of nitrogens with zero attached hydrogens (tertiary/aromatic N) is 1. The molecule has 5 nitrogen and oxygen atoms in total. The molecular weight excluding hydrogens is 361 g/mol. The first kappa shape index (κ1) is 18.7. The number of nitriles is 1. The van der Waals surface area contributed by atoms with E-state index in [-0.39, 0.29) is 5.57 Å². The van der Waals surface area contributed by atoms with Gasteiger partial charge in [0.1, 0.15) is 17.4 Å². The summed E-state index contributed by atoms with van der Waals surface area (Å²) in [6.45, 7) is 0.459. The molecule has 128 valence electrons. The van der Waals surface area contributed by atoms with Crippen molar-refractivity contribution < 1.29 is 9.53 Å². The number of carbonyl (C=O) groups is 1. The van der Waals surface area contributed by atoms with Crippen LogP contribution in [-0.2, 0) is 11.3 Å². The quantitative estimate of drug-likeness (QED) is 0.587. The molecule has 2 aromatic rings. The number of hydrogen-bond acceptors (Lipinski definition) is 4. The Morgan fingerprint density at radius 3 is 2.60 bits per heavy atom. The SMILES string of the molecule is COc1ccc(CN/C=C(/C#N)C(=O)Nc2cc(Cl)ccc2Cl)cc1. The predicted molar refractivity (Wildman–Crippen MR) is 98.6 cm³/mol. The van der Waals surface area contributed by atoms with Crippen LogP contribution in [-0.4, -0.2) is 13.0 Å². The van der Waals surface area contributed by atoms with Gasteiger partial charge in [-0.25, -0.2) is 0 Å². The van der Waals surface area contributed by atoms with E-state index in [1.165, 1.54) is 12.3 Å². The van der Waals surface area contributed by atoms with Crippen molar-refractivity contribution in [2.75, 3.05) is 12.4 Å². The van der Waals surface area contributed by atoms with Crippen molar-refractivity contribution in [3.05, 3.63) is 69.8 Å². The fourth-order valence-electron chi connectivity index (χ4n) is 1.95. The Labute approximate surface area is 155 Å². The number of nitrogens with one attached hydrogen (secondary N) is 2. The van der Waals surface area contributed by atoms with Crippen molar-refractivity contribution in [3.63, 3.8) is 0 Å². The van der Waals surface area contributed by atoms with Crippen LogP contribution in [0, 0.1) is 11.3 Å². The molecule has 1 amide bonds. The normalized spacial score (nSPS) is 10.7. The summed E-state index contributed by atoms with van der Waals surface area (Å²) >= 11 is 11.9. The van der Waals surface area contributed by atoms with Gasteiger partial charge in [0.25, 0.3) is 5.91 Å². The third-order valence-electron chi connectivity index (χ3n) is 3.25. The van der Waals surface area contributed by atoms with Gasteiger partial charge >= 0.3 is 0 Å². The molecule has 0 aliphatic rings. The van der Waals surface area contributed by atoms with E-state index in [0.29, 0.717) is 22.3 Å². The number of benzene rings is 2. The molecule has 0 radical (unpaired) electrons. The van der Waals surface area contributed by atoms with Crippen molar-refractivity contribution >= 4 is 34.8 Å². The summed E-state index contributed by atoms with van der Waals surface area (Å²) < 4.78 is 5.09. The zero-order valence-corrected chi connectivity index (χ0v) is 14.9. The minimum absolute atomic E-state index is 0.0791. The summed E-state index contributed by atoms with van der Waals surface area (Å²) in [4.78, 5) is 12.2. The van der Waals surface area contributed by atoms with Gasteiger partial charge in [-0.2, -0.15) is 5.26 Å². The monoisotopic (exact) mass is 375 g/mol. The van der Waals surface area contributed by atoms with Gasteiger partial charge in [-0.05, 0) is 35.9 Å². The van der Waals surface area contributed by atoms with Gasteiger partial charge in [-0.1, -0.05) is 35.3 Å². The van der Waals surface area contributed by atoms with Gasteiger partial charge in [-0.15, -0.1) is 0 Å². The van der Waals surface area contributed by atoms with Crippen LogP contribution in [0.3, 0.4) is 0 Å². The van der Waals surface area contributed by atoms with Crippen molar-refractivity contribution in [1.82, 2.24) is 5.32 Å². The standard InChI is InChI=1S/C18H15Cl2N3O2/c1-25-15-5-2-12(3-6-15)10-22-11-13(9-21)18(24)23-17-8-14(19)4-7-16(17)20/h2-8,11,22H,10H2,1H3,(H,23,24)/b13-11-. The molecule has 0 fully saturated rings. The Morgan fingerprint density at radius 1 is 1.24 bits per heavy atom. The molecule has 2 N–H and O–H groups in total. The number of halogens is 2. The molecule has 0 saturated carbocycles. The summed E-state index contributed by atoms with van der Waals surface area (Å²) in [5, 5.41) is 15.4. The average Bonchev–Trinajstić information content (AvgIpc) is 2.62. The first-order valence-electron chi connectivity index (χ1n) is 7.26. The van der Waals surface area contributed by atoms with E-state index in [2.05, 4.69) is 10.6 Å². The number of amides is 1. The minimum Gasteiger partial charge on any atom is -0.497 e. The highest BCUT2D eigenvalue weighted by Gasteiger charge is 2.11. The van der Waals surface area contributed by atoms with E-state index < -0.39 is 5.91 Å². The molecule has 2 aromatic carbocycles. The lowest BCUT2D eigenvalue weighted by atomic mass is 10.2. The van der Waals surface area contributed by atoms with Gasteiger partial charge in [-0.3, -0.25) is 4.79 Å². The van der Waals surface area contributed by atoms with Crippen molar-refractivity contribution in [3.8, 4) is 11.8 Å². The molecule has 0 spiro atoms. The number of methoxy groups -OCH3 is 1. The van der Waals surface area contributed by atoms with Gasteiger partial charge in [0, 0.05) is 17.8 Å². The Bertz CT molecular complexity index is 827. The molecule has 7 heteroatoms. The van der Waals surface area contributed by atoms with Crippen molar-refractivity contribution in [2.45, 2.75) is 6.54 Å². The first-order chi connectivity index (χ1) is 12.0. The molecule has 0 aliphatic carbocycles. The number of hydrogen-bond donors (Lipinski definition) is 2. The fourth-order valence-corrected chi connectivity index (χ4v) is 2.28. The molecule has 0 atom stereocenters. The second-order valence-electron chi connectivity index (χ2n) is 4.98. The van der Waals surface area contributed by atoms with Gasteiger partial charge in [0.05, 0.1) is 17.8 Å². The third kappa shape index (κ3) is 5.42. The smallest absolute Gasteiger partial charge is 0.267 e. The Morgan fingerprint density at radius 2 is 1.96 bits per heavy atom. The van der Waals surface area contributed by atoms with Gasteiger partial charge in [0.15, 0.2) is 0 Å². The van der Waals surface area contributed by atoms with Crippen molar-refractivity contribution in [1.29, 1.82) is 5.26 Å². The first-order valence-corrected chi connectivity index (χ1v) is 8.02. The molecule has 0 aliphatic heterocycles. The summed E-state index contributed by atoms with van der Waals surface area (Å²) in [6.07, 6.45) is 1.36. The molecule has 0 saturated heterocycles. The summed E-state index contributed by atoms with van der Waals surface area (Å²) in [5.41, 5.74) is 1.24. The number of carbonyl (C=O) groups excluding carboxylic acids is 1. The lowest BCUT2D eigenvalue weighted by Crippen LogP contribution is -2.16. The van der Waals surface area contributed by atoms with Crippen LogP contribution < -0.4 is 15.4 Å². The van der Waals surface area contributed by atoms with Crippen LogP contribution in [0.1, 0.15) is 5.56 Å². The number of anilines is 1. The minimum atomic E-state index is -0.575.